The summed E-state index contributed by atoms with van der Waals surface area (Å²) in [5.74, 6) is 2.21. The highest BCUT2D eigenvalue weighted by atomic mass is 16.6. The topological polar surface area (TPSA) is 26.3 Å². The van der Waals surface area contributed by atoms with Crippen LogP contribution in [0.4, 0.5) is 0 Å². The summed E-state index contributed by atoms with van der Waals surface area (Å²) < 4.78 is 6.37. The Labute approximate surface area is 147 Å². The third kappa shape index (κ3) is 2.84. The molecule has 1 spiro atoms. The van der Waals surface area contributed by atoms with Crippen molar-refractivity contribution in [3.8, 4) is 0 Å². The molecule has 4 rings (SSSR count). The summed E-state index contributed by atoms with van der Waals surface area (Å²) in [4.78, 5) is 12.5. The normalized spacial score (nSPS) is 40.6. The molecule has 4 aliphatic carbocycles. The average molecular weight is 331 g/mol. The Morgan fingerprint density at radius 1 is 1.00 bits per heavy atom. The smallest absolute Gasteiger partial charge is 0.333 e. The first-order chi connectivity index (χ1) is 11.5. The van der Waals surface area contributed by atoms with Gasteiger partial charge in [0.05, 0.1) is 0 Å². The van der Waals surface area contributed by atoms with Gasteiger partial charge in [-0.2, -0.15) is 0 Å². The van der Waals surface area contributed by atoms with Crippen LogP contribution >= 0.6 is 0 Å². The number of carbonyl (C=O) groups is 1. The molecule has 0 amide bonds. The third-order valence-corrected chi connectivity index (χ3v) is 7.95. The van der Waals surface area contributed by atoms with Gasteiger partial charge in [-0.15, -0.1) is 0 Å². The number of ether oxygens (including phenoxy) is 1. The first-order valence-electron chi connectivity index (χ1n) is 10.4. The lowest BCUT2D eigenvalue weighted by molar-refractivity contribution is -0.180. The van der Waals surface area contributed by atoms with Crippen LogP contribution < -0.4 is 0 Å². The van der Waals surface area contributed by atoms with E-state index in [2.05, 4.69) is 6.58 Å². The predicted molar refractivity (Wildman–Crippen MR) is 96.6 cm³/mol. The van der Waals surface area contributed by atoms with E-state index in [0.29, 0.717) is 16.9 Å². The quantitative estimate of drug-likeness (QED) is 0.482. The summed E-state index contributed by atoms with van der Waals surface area (Å²) in [5.41, 5.74) is 0.861. The monoisotopic (exact) mass is 330 g/mol. The van der Waals surface area contributed by atoms with Crippen molar-refractivity contribution in [1.82, 2.24) is 0 Å². The zero-order valence-corrected chi connectivity index (χ0v) is 15.4. The van der Waals surface area contributed by atoms with E-state index < -0.39 is 0 Å². The highest BCUT2D eigenvalue weighted by Gasteiger charge is 2.57. The van der Waals surface area contributed by atoms with Gasteiger partial charge < -0.3 is 4.74 Å². The van der Waals surface area contributed by atoms with E-state index in [-0.39, 0.29) is 11.6 Å². The Hall–Kier alpha value is -0.790. The summed E-state index contributed by atoms with van der Waals surface area (Å²) in [6, 6.07) is 0. The number of hydrogen-bond donors (Lipinski definition) is 0. The van der Waals surface area contributed by atoms with Crippen molar-refractivity contribution in [2.45, 2.75) is 96.0 Å². The minimum Gasteiger partial charge on any atom is -0.455 e. The van der Waals surface area contributed by atoms with Gasteiger partial charge in [0.25, 0.3) is 0 Å². The second-order valence-corrected chi connectivity index (χ2v) is 9.61. The Bertz CT molecular complexity index is 511. The van der Waals surface area contributed by atoms with Crippen LogP contribution in [0.5, 0.6) is 0 Å². The molecule has 4 unspecified atom stereocenters. The molecule has 0 saturated heterocycles. The summed E-state index contributed by atoms with van der Waals surface area (Å²) in [6.07, 6.45) is 17.2. The van der Waals surface area contributed by atoms with Crippen molar-refractivity contribution < 1.29 is 9.53 Å². The molecule has 4 saturated carbocycles. The van der Waals surface area contributed by atoms with E-state index in [9.17, 15) is 4.79 Å². The largest absolute Gasteiger partial charge is 0.455 e. The van der Waals surface area contributed by atoms with E-state index in [1.165, 1.54) is 70.6 Å². The van der Waals surface area contributed by atoms with Gasteiger partial charge in [-0.25, -0.2) is 4.79 Å². The number of hydrogen-bond acceptors (Lipinski definition) is 2. The number of carbonyl (C=O) groups excluding carboxylic acids is 1. The molecule has 2 nitrogen and oxygen atoms in total. The summed E-state index contributed by atoms with van der Waals surface area (Å²) in [7, 11) is 0. The molecule has 2 bridgehead atoms. The molecule has 4 aliphatic rings. The Morgan fingerprint density at radius 2 is 1.75 bits per heavy atom. The molecule has 0 aliphatic heterocycles. The molecule has 0 radical (unpaired) electrons. The van der Waals surface area contributed by atoms with Crippen molar-refractivity contribution in [3.05, 3.63) is 12.2 Å². The number of rotatable bonds is 3. The van der Waals surface area contributed by atoms with E-state index in [0.717, 1.165) is 24.7 Å². The highest BCUT2D eigenvalue weighted by Crippen LogP contribution is 2.61. The zero-order valence-electron chi connectivity index (χ0n) is 15.4. The Balaban J connectivity index is 1.62. The van der Waals surface area contributed by atoms with E-state index in [1.54, 1.807) is 6.92 Å². The molecule has 4 fully saturated rings. The molecule has 4 atom stereocenters. The van der Waals surface area contributed by atoms with Gasteiger partial charge in [-0.3, -0.25) is 0 Å². The Morgan fingerprint density at radius 3 is 2.38 bits per heavy atom. The van der Waals surface area contributed by atoms with E-state index in [1.807, 2.05) is 0 Å². The molecular weight excluding hydrogens is 296 g/mol. The maximum atomic E-state index is 12.5. The van der Waals surface area contributed by atoms with Crippen molar-refractivity contribution >= 4 is 5.97 Å². The molecular formula is C22H34O2. The van der Waals surface area contributed by atoms with Crippen LogP contribution in [0.1, 0.15) is 90.4 Å². The standard InChI is InChI=1S/C22H34O2/c1-16(2)20(23)24-22(19-14-17-7-8-18(19)13-17)12-6-11-21(15-22)9-4-3-5-10-21/h17-19H,1,3-15H2,2H3. The minimum absolute atomic E-state index is 0.134. The summed E-state index contributed by atoms with van der Waals surface area (Å²) in [5, 5.41) is 0. The van der Waals surface area contributed by atoms with Crippen molar-refractivity contribution in [3.63, 3.8) is 0 Å². The summed E-state index contributed by atoms with van der Waals surface area (Å²) >= 11 is 0. The summed E-state index contributed by atoms with van der Waals surface area (Å²) in [6.45, 7) is 5.66. The van der Waals surface area contributed by atoms with Crippen LogP contribution in [-0.2, 0) is 9.53 Å². The third-order valence-electron chi connectivity index (χ3n) is 7.95. The fraction of sp³-hybridized carbons (Fsp3) is 0.864. The molecule has 0 aromatic carbocycles. The fourth-order valence-corrected chi connectivity index (χ4v) is 6.94. The fourth-order valence-electron chi connectivity index (χ4n) is 6.94. The van der Waals surface area contributed by atoms with Gasteiger partial charge in [-0.05, 0) is 82.0 Å². The molecule has 0 N–H and O–H groups in total. The molecule has 0 aromatic rings. The van der Waals surface area contributed by atoms with Crippen molar-refractivity contribution in [1.29, 1.82) is 0 Å². The lowest BCUT2D eigenvalue weighted by Crippen LogP contribution is -2.52. The van der Waals surface area contributed by atoms with Crippen LogP contribution in [0.15, 0.2) is 12.2 Å². The first-order valence-corrected chi connectivity index (χ1v) is 10.4. The second kappa shape index (κ2) is 6.18. The first kappa shape index (κ1) is 16.7. The van der Waals surface area contributed by atoms with Crippen LogP contribution in [-0.4, -0.2) is 11.6 Å². The lowest BCUT2D eigenvalue weighted by Gasteiger charge is -2.53. The maximum Gasteiger partial charge on any atom is 0.333 e. The van der Waals surface area contributed by atoms with Gasteiger partial charge >= 0.3 is 5.97 Å². The van der Waals surface area contributed by atoms with Gasteiger partial charge in [0, 0.05) is 11.5 Å². The second-order valence-electron chi connectivity index (χ2n) is 9.61. The highest BCUT2D eigenvalue weighted by molar-refractivity contribution is 5.87. The van der Waals surface area contributed by atoms with Crippen LogP contribution in [0.2, 0.25) is 0 Å². The van der Waals surface area contributed by atoms with Gasteiger partial charge in [0.15, 0.2) is 0 Å². The van der Waals surface area contributed by atoms with Crippen molar-refractivity contribution in [2.75, 3.05) is 0 Å². The van der Waals surface area contributed by atoms with Gasteiger partial charge in [0.1, 0.15) is 5.60 Å². The van der Waals surface area contributed by atoms with Crippen LogP contribution in [0.3, 0.4) is 0 Å². The van der Waals surface area contributed by atoms with Crippen LogP contribution in [0, 0.1) is 23.2 Å². The predicted octanol–water partition coefficient (Wildman–Crippen LogP) is 5.81. The number of fused-ring (bicyclic) bond motifs is 2. The molecule has 0 aromatic heterocycles. The molecule has 24 heavy (non-hydrogen) atoms. The maximum absolute atomic E-state index is 12.5. The minimum atomic E-state index is -0.175. The van der Waals surface area contributed by atoms with E-state index >= 15 is 0 Å². The zero-order chi connectivity index (χ0) is 16.8. The van der Waals surface area contributed by atoms with Crippen molar-refractivity contribution in [2.24, 2.45) is 23.2 Å². The molecule has 2 heteroatoms. The van der Waals surface area contributed by atoms with E-state index in [4.69, 9.17) is 4.74 Å². The van der Waals surface area contributed by atoms with Gasteiger partial charge in [-0.1, -0.05) is 32.3 Å². The van der Waals surface area contributed by atoms with Crippen LogP contribution in [0.25, 0.3) is 0 Å². The molecule has 134 valence electrons. The molecule has 0 heterocycles. The average Bonchev–Trinajstić information content (AvgIpc) is 3.19. The lowest BCUT2D eigenvalue weighted by atomic mass is 9.57. The Kier molecular flexibility index (Phi) is 4.29. The SMILES string of the molecule is C=C(C)C(=O)OC1(C2CC3CCC2C3)CCCC2(CCCCC2)C1. The number of esters is 1. The van der Waals surface area contributed by atoms with Gasteiger partial charge in [0.2, 0.25) is 0 Å².